The third-order valence-corrected chi connectivity index (χ3v) is 8.39. The molecule has 0 radical (unpaired) electrons. The average Bonchev–Trinajstić information content (AvgIpc) is 3.58. The topological polar surface area (TPSA) is 128 Å². The van der Waals surface area contributed by atoms with Crippen molar-refractivity contribution in [2.45, 2.75) is 31.5 Å². The van der Waals surface area contributed by atoms with Gasteiger partial charge in [0.05, 0.1) is 29.8 Å². The number of aliphatic imine (C=N–C) groups is 1. The molecule has 0 spiro atoms. The second-order valence-electron chi connectivity index (χ2n) is 9.69. The average molecular weight is 627 g/mol. The van der Waals surface area contributed by atoms with Gasteiger partial charge in [-0.15, -0.1) is 11.3 Å². The molecule has 0 saturated carbocycles. The number of piperazine rings is 1. The van der Waals surface area contributed by atoms with Crippen LogP contribution in [0.3, 0.4) is 0 Å². The molecular formula is C26H26ClF3N6O5S. The summed E-state index contributed by atoms with van der Waals surface area (Å²) in [5.41, 5.74) is 0.418. The number of urea groups is 1. The molecule has 16 heteroatoms. The zero-order chi connectivity index (χ0) is 30.1. The summed E-state index contributed by atoms with van der Waals surface area (Å²) < 4.78 is 46.1. The maximum Gasteiger partial charge on any atom is 0.338 e. The molecule has 3 aliphatic heterocycles. The van der Waals surface area contributed by atoms with Gasteiger partial charge >= 0.3 is 18.0 Å². The molecule has 2 saturated heterocycles. The van der Waals surface area contributed by atoms with E-state index in [1.807, 2.05) is 0 Å². The number of alkyl halides is 2. The number of nitrogens with one attached hydrogen (secondary N) is 1. The third-order valence-electron chi connectivity index (χ3n) is 7.21. The van der Waals surface area contributed by atoms with Crippen LogP contribution in [0.1, 0.15) is 23.5 Å². The largest absolute Gasteiger partial charge is 0.480 e. The first-order valence-corrected chi connectivity index (χ1v) is 14.3. The van der Waals surface area contributed by atoms with E-state index < -0.39 is 54.9 Å². The fourth-order valence-electron chi connectivity index (χ4n) is 5.47. The molecule has 42 heavy (non-hydrogen) atoms. The Morgan fingerprint density at radius 3 is 2.76 bits per heavy atom. The van der Waals surface area contributed by atoms with Crippen LogP contribution in [-0.4, -0.2) is 106 Å². The number of hydrogen-bond acceptors (Lipinski definition) is 9. The van der Waals surface area contributed by atoms with Crippen molar-refractivity contribution < 1.29 is 37.4 Å². The predicted molar refractivity (Wildman–Crippen MR) is 146 cm³/mol. The number of amidine groups is 1. The molecule has 2 aromatic rings. The lowest BCUT2D eigenvalue weighted by Gasteiger charge is -2.42. The number of carboxylic acid groups (broad SMARTS) is 1. The van der Waals surface area contributed by atoms with Gasteiger partial charge in [0.15, 0.2) is 10.8 Å². The highest BCUT2D eigenvalue weighted by molar-refractivity contribution is 7.11. The summed E-state index contributed by atoms with van der Waals surface area (Å²) >= 11 is 7.60. The molecular weight excluding hydrogens is 601 g/mol. The standard InChI is InChI=1S/C26H26ClF3N6O5S/c1-2-41-25(39)18-15(10-34-7-8-36-16(21(34)24(37)38)11-35(26(36)40)12-17(29)30)32-22(23-31-6-9-42-23)33-20(18)13-4-3-5-14(28)19(13)27/h3-6,9,16-17,20-21H,2,7-8,10-12H2,1H3,(H,32,33)(H,37,38)/t16-,20-,21+/m0/s1. The van der Waals surface area contributed by atoms with E-state index in [-0.39, 0.29) is 60.5 Å². The normalized spacial score (nSPS) is 22.8. The molecule has 11 nitrogen and oxygen atoms in total. The quantitative estimate of drug-likeness (QED) is 0.407. The Hall–Kier alpha value is -3.69. The Balaban J connectivity index is 1.57. The van der Waals surface area contributed by atoms with Crippen LogP contribution in [0, 0.1) is 5.82 Å². The number of rotatable bonds is 9. The maximum atomic E-state index is 14.6. The zero-order valence-corrected chi connectivity index (χ0v) is 23.7. The van der Waals surface area contributed by atoms with Crippen molar-refractivity contribution in [3.63, 3.8) is 0 Å². The molecule has 1 aromatic heterocycles. The van der Waals surface area contributed by atoms with Crippen molar-refractivity contribution >= 4 is 46.7 Å². The lowest BCUT2D eigenvalue weighted by Crippen LogP contribution is -2.62. The van der Waals surface area contributed by atoms with Crippen molar-refractivity contribution in [1.29, 1.82) is 0 Å². The van der Waals surface area contributed by atoms with Crippen LogP contribution in [0.15, 0.2) is 46.0 Å². The summed E-state index contributed by atoms with van der Waals surface area (Å²) in [5.74, 6) is -2.49. The van der Waals surface area contributed by atoms with Gasteiger partial charge in [0.1, 0.15) is 17.9 Å². The summed E-state index contributed by atoms with van der Waals surface area (Å²) in [7, 11) is 0. The highest BCUT2D eigenvalue weighted by Crippen LogP contribution is 2.38. The summed E-state index contributed by atoms with van der Waals surface area (Å²) in [4.78, 5) is 51.4. The molecule has 0 bridgehead atoms. The minimum absolute atomic E-state index is 0.00181. The number of carbonyl (C=O) groups excluding carboxylic acids is 2. The molecule has 2 amide bonds. The molecule has 5 rings (SSSR count). The first kappa shape index (κ1) is 29.8. The monoisotopic (exact) mass is 626 g/mol. The molecule has 2 fully saturated rings. The number of carboxylic acids is 1. The predicted octanol–water partition coefficient (Wildman–Crippen LogP) is 2.98. The Bertz CT molecular complexity index is 1440. The van der Waals surface area contributed by atoms with Gasteiger partial charge in [-0.25, -0.2) is 27.7 Å². The Morgan fingerprint density at radius 1 is 1.31 bits per heavy atom. The van der Waals surface area contributed by atoms with Crippen LogP contribution in [0.4, 0.5) is 18.0 Å². The van der Waals surface area contributed by atoms with Crippen LogP contribution in [-0.2, 0) is 14.3 Å². The Kier molecular flexibility index (Phi) is 8.70. The number of ether oxygens (including phenoxy) is 1. The Morgan fingerprint density at radius 2 is 2.10 bits per heavy atom. The lowest BCUT2D eigenvalue weighted by molar-refractivity contribution is -0.147. The molecule has 0 aliphatic carbocycles. The van der Waals surface area contributed by atoms with Crippen molar-refractivity contribution in [1.82, 2.24) is 25.0 Å². The molecule has 0 unspecified atom stereocenters. The van der Waals surface area contributed by atoms with Gasteiger partial charge in [0.25, 0.3) is 6.43 Å². The second kappa shape index (κ2) is 12.3. The van der Waals surface area contributed by atoms with Gasteiger partial charge in [0, 0.05) is 49.0 Å². The fraction of sp³-hybridized carbons (Fsp3) is 0.423. The number of nitrogens with zero attached hydrogens (tertiary/aromatic N) is 5. The highest BCUT2D eigenvalue weighted by atomic mass is 35.5. The van der Waals surface area contributed by atoms with Gasteiger partial charge in [0.2, 0.25) is 0 Å². The molecule has 3 aliphatic rings. The van der Waals surface area contributed by atoms with Crippen LogP contribution in [0.2, 0.25) is 5.02 Å². The van der Waals surface area contributed by atoms with Crippen molar-refractivity contribution in [2.75, 3.05) is 39.3 Å². The zero-order valence-electron chi connectivity index (χ0n) is 22.2. The van der Waals surface area contributed by atoms with Crippen LogP contribution >= 0.6 is 22.9 Å². The van der Waals surface area contributed by atoms with Gasteiger partial charge in [-0.1, -0.05) is 23.7 Å². The number of amides is 2. The molecule has 224 valence electrons. The number of aromatic nitrogens is 1. The van der Waals surface area contributed by atoms with Crippen LogP contribution < -0.4 is 5.32 Å². The molecule has 4 heterocycles. The van der Waals surface area contributed by atoms with E-state index in [1.165, 1.54) is 34.4 Å². The molecule has 1 aromatic carbocycles. The number of benzene rings is 1. The Labute approximate surface area is 247 Å². The number of carbonyl (C=O) groups is 3. The summed E-state index contributed by atoms with van der Waals surface area (Å²) in [6.45, 7) is 0.641. The van der Waals surface area contributed by atoms with E-state index in [0.29, 0.717) is 5.01 Å². The van der Waals surface area contributed by atoms with Crippen LogP contribution in [0.25, 0.3) is 0 Å². The van der Waals surface area contributed by atoms with Gasteiger partial charge in [-0.2, -0.15) is 0 Å². The fourth-order valence-corrected chi connectivity index (χ4v) is 6.29. The maximum absolute atomic E-state index is 14.6. The van der Waals surface area contributed by atoms with Crippen molar-refractivity contribution in [3.05, 3.63) is 62.5 Å². The van der Waals surface area contributed by atoms with E-state index in [2.05, 4.69) is 15.3 Å². The first-order chi connectivity index (χ1) is 20.1. The van der Waals surface area contributed by atoms with Crippen LogP contribution in [0.5, 0.6) is 0 Å². The number of fused-ring (bicyclic) bond motifs is 1. The van der Waals surface area contributed by atoms with E-state index in [4.69, 9.17) is 16.3 Å². The number of thiazole rings is 1. The lowest BCUT2D eigenvalue weighted by atomic mass is 9.94. The van der Waals surface area contributed by atoms with Gasteiger partial charge in [-0.3, -0.25) is 14.7 Å². The molecule has 2 N–H and O–H groups in total. The van der Waals surface area contributed by atoms with Crippen molar-refractivity contribution in [2.24, 2.45) is 4.99 Å². The number of halogens is 4. The minimum atomic E-state index is -2.77. The summed E-state index contributed by atoms with van der Waals surface area (Å²) in [6.07, 6.45) is -1.21. The molecule has 3 atom stereocenters. The first-order valence-electron chi connectivity index (χ1n) is 13.0. The number of hydrogen-bond donors (Lipinski definition) is 2. The third kappa shape index (κ3) is 5.68. The second-order valence-corrected chi connectivity index (χ2v) is 11.0. The van der Waals surface area contributed by atoms with E-state index in [0.717, 1.165) is 4.90 Å². The number of aliphatic carboxylic acids is 1. The van der Waals surface area contributed by atoms with E-state index in [9.17, 15) is 32.7 Å². The summed E-state index contributed by atoms with van der Waals surface area (Å²) in [5, 5.41) is 15.3. The van der Waals surface area contributed by atoms with E-state index >= 15 is 0 Å². The highest BCUT2D eigenvalue weighted by Gasteiger charge is 2.50. The van der Waals surface area contributed by atoms with Crippen molar-refractivity contribution in [3.8, 4) is 0 Å². The summed E-state index contributed by atoms with van der Waals surface area (Å²) in [6, 6.07) is 0.182. The van der Waals surface area contributed by atoms with E-state index in [1.54, 1.807) is 23.4 Å². The number of esters is 1. The van der Waals surface area contributed by atoms with Gasteiger partial charge < -0.3 is 25.0 Å². The minimum Gasteiger partial charge on any atom is -0.480 e. The smallest absolute Gasteiger partial charge is 0.338 e. The van der Waals surface area contributed by atoms with Gasteiger partial charge in [-0.05, 0) is 13.0 Å². The SMILES string of the molecule is CCOC(=O)C1=C(CN2CCN3C(=O)N(CC(F)F)C[C@H]3[C@@H]2C(=O)O)NC(c2nccs2)=N[C@H]1c1cccc(F)c1Cl.